The fourth-order valence-electron chi connectivity index (χ4n) is 2.41. The highest BCUT2D eigenvalue weighted by atomic mass is 19.2. The normalized spacial score (nSPS) is 24.2. The molecular weight excluding hydrogens is 227 g/mol. The third-order valence-electron chi connectivity index (χ3n) is 3.47. The lowest BCUT2D eigenvalue weighted by atomic mass is 10.1. The molecule has 0 radical (unpaired) electrons. The molecule has 1 aromatic carbocycles. The van der Waals surface area contributed by atoms with E-state index in [9.17, 15) is 13.2 Å². The second kappa shape index (κ2) is 5.08. The first-order valence-electron chi connectivity index (χ1n) is 5.94. The molecule has 1 aromatic rings. The Bertz CT molecular complexity index is 383. The summed E-state index contributed by atoms with van der Waals surface area (Å²) in [6.45, 7) is 2.54. The molecule has 1 saturated carbocycles. The summed E-state index contributed by atoms with van der Waals surface area (Å²) in [7, 11) is 0. The van der Waals surface area contributed by atoms with E-state index in [0.29, 0.717) is 24.1 Å². The van der Waals surface area contributed by atoms with Gasteiger partial charge in [0, 0.05) is 12.6 Å². The molecule has 0 aliphatic heterocycles. The second-order valence-corrected chi connectivity index (χ2v) is 4.77. The molecule has 94 valence electrons. The summed E-state index contributed by atoms with van der Waals surface area (Å²) in [5.41, 5.74) is 0.445. The molecule has 0 aromatic heterocycles. The molecule has 0 bridgehead atoms. The zero-order chi connectivity index (χ0) is 12.4. The summed E-state index contributed by atoms with van der Waals surface area (Å²) in [5.74, 6) is -3.06. The Morgan fingerprint density at radius 1 is 1.18 bits per heavy atom. The Hall–Kier alpha value is -1.03. The highest BCUT2D eigenvalue weighted by Crippen LogP contribution is 2.25. The van der Waals surface area contributed by atoms with Crippen molar-refractivity contribution in [3.63, 3.8) is 0 Å². The molecule has 2 rings (SSSR count). The van der Waals surface area contributed by atoms with E-state index in [2.05, 4.69) is 12.2 Å². The van der Waals surface area contributed by atoms with E-state index in [1.807, 2.05) is 0 Å². The predicted molar refractivity (Wildman–Crippen MR) is 60.0 cm³/mol. The van der Waals surface area contributed by atoms with Gasteiger partial charge in [0.25, 0.3) is 0 Å². The van der Waals surface area contributed by atoms with Crippen molar-refractivity contribution in [2.75, 3.05) is 0 Å². The van der Waals surface area contributed by atoms with Crippen LogP contribution in [0, 0.1) is 23.4 Å². The van der Waals surface area contributed by atoms with Crippen LogP contribution in [-0.4, -0.2) is 6.04 Å². The lowest BCUT2D eigenvalue weighted by molar-refractivity contribution is 0.419. The van der Waals surface area contributed by atoms with Gasteiger partial charge in [-0.3, -0.25) is 0 Å². The van der Waals surface area contributed by atoms with Crippen molar-refractivity contribution in [2.45, 2.75) is 38.8 Å². The fourth-order valence-corrected chi connectivity index (χ4v) is 2.41. The number of benzene rings is 1. The van der Waals surface area contributed by atoms with E-state index in [4.69, 9.17) is 0 Å². The van der Waals surface area contributed by atoms with E-state index >= 15 is 0 Å². The molecular formula is C13H16F3N. The summed E-state index contributed by atoms with van der Waals surface area (Å²) in [6.07, 6.45) is 3.46. The van der Waals surface area contributed by atoms with Gasteiger partial charge in [0.1, 0.15) is 0 Å². The third kappa shape index (κ3) is 2.80. The Kier molecular flexibility index (Phi) is 3.72. The Balaban J connectivity index is 1.99. The molecule has 1 nitrogen and oxygen atoms in total. The monoisotopic (exact) mass is 243 g/mol. The summed E-state index contributed by atoms with van der Waals surface area (Å²) >= 11 is 0. The number of halogens is 3. The van der Waals surface area contributed by atoms with Crippen LogP contribution < -0.4 is 5.32 Å². The zero-order valence-electron chi connectivity index (χ0n) is 9.77. The van der Waals surface area contributed by atoms with E-state index in [1.54, 1.807) is 0 Å². The SMILES string of the molecule is CC1CCCC1NCc1cc(F)c(F)c(F)c1. The van der Waals surface area contributed by atoms with Gasteiger partial charge >= 0.3 is 0 Å². The van der Waals surface area contributed by atoms with Gasteiger partial charge in [-0.25, -0.2) is 13.2 Å². The van der Waals surface area contributed by atoms with Crippen molar-refractivity contribution in [1.82, 2.24) is 5.32 Å². The van der Waals surface area contributed by atoms with Crippen molar-refractivity contribution in [3.05, 3.63) is 35.1 Å². The fraction of sp³-hybridized carbons (Fsp3) is 0.538. The Morgan fingerprint density at radius 2 is 1.82 bits per heavy atom. The molecule has 17 heavy (non-hydrogen) atoms. The standard InChI is InChI=1S/C13H16F3N/c1-8-3-2-4-12(8)17-7-9-5-10(14)13(16)11(15)6-9/h5-6,8,12,17H,2-4,7H2,1H3. The molecule has 0 heterocycles. The highest BCUT2D eigenvalue weighted by Gasteiger charge is 2.22. The maximum atomic E-state index is 13.0. The minimum atomic E-state index is -1.40. The van der Waals surface area contributed by atoms with E-state index < -0.39 is 17.5 Å². The molecule has 0 amide bonds. The molecule has 2 unspecified atom stereocenters. The zero-order valence-corrected chi connectivity index (χ0v) is 9.77. The predicted octanol–water partition coefficient (Wildman–Crippen LogP) is 3.38. The van der Waals surface area contributed by atoms with Gasteiger partial charge in [0.15, 0.2) is 17.5 Å². The molecule has 1 aliphatic carbocycles. The Labute approximate surface area is 99.0 Å². The molecule has 1 N–H and O–H groups in total. The molecule has 0 spiro atoms. The van der Waals surface area contributed by atoms with Crippen LogP contribution in [0.2, 0.25) is 0 Å². The Morgan fingerprint density at radius 3 is 2.35 bits per heavy atom. The number of nitrogens with one attached hydrogen (secondary N) is 1. The first kappa shape index (κ1) is 12.4. The van der Waals surface area contributed by atoms with Crippen LogP contribution in [0.5, 0.6) is 0 Å². The second-order valence-electron chi connectivity index (χ2n) is 4.77. The lowest BCUT2D eigenvalue weighted by Gasteiger charge is -2.17. The van der Waals surface area contributed by atoms with Crippen molar-refractivity contribution in [3.8, 4) is 0 Å². The lowest BCUT2D eigenvalue weighted by Crippen LogP contribution is -2.30. The van der Waals surface area contributed by atoms with Crippen LogP contribution in [0.15, 0.2) is 12.1 Å². The average molecular weight is 243 g/mol. The molecule has 0 saturated heterocycles. The number of hydrogen-bond acceptors (Lipinski definition) is 1. The van der Waals surface area contributed by atoms with Crippen molar-refractivity contribution < 1.29 is 13.2 Å². The summed E-state index contributed by atoms with van der Waals surface area (Å²) < 4.78 is 38.7. The van der Waals surface area contributed by atoms with E-state index in [-0.39, 0.29) is 0 Å². The molecule has 1 aliphatic rings. The van der Waals surface area contributed by atoms with Crippen LogP contribution in [0.3, 0.4) is 0 Å². The van der Waals surface area contributed by atoms with Crippen molar-refractivity contribution in [1.29, 1.82) is 0 Å². The number of rotatable bonds is 3. The topological polar surface area (TPSA) is 12.0 Å². The average Bonchev–Trinajstić information content (AvgIpc) is 2.69. The highest BCUT2D eigenvalue weighted by molar-refractivity contribution is 5.19. The smallest absolute Gasteiger partial charge is 0.194 e. The van der Waals surface area contributed by atoms with Gasteiger partial charge < -0.3 is 5.32 Å². The van der Waals surface area contributed by atoms with Gasteiger partial charge in [-0.15, -0.1) is 0 Å². The first-order valence-corrected chi connectivity index (χ1v) is 5.94. The summed E-state index contributed by atoms with van der Waals surface area (Å²) in [6, 6.07) is 2.49. The van der Waals surface area contributed by atoms with Crippen LogP contribution in [-0.2, 0) is 6.54 Å². The van der Waals surface area contributed by atoms with Crippen molar-refractivity contribution in [2.24, 2.45) is 5.92 Å². The largest absolute Gasteiger partial charge is 0.310 e. The van der Waals surface area contributed by atoms with Crippen molar-refractivity contribution >= 4 is 0 Å². The van der Waals surface area contributed by atoms with Gasteiger partial charge in [0.2, 0.25) is 0 Å². The van der Waals surface area contributed by atoms with Crippen LogP contribution >= 0.6 is 0 Å². The summed E-state index contributed by atoms with van der Waals surface area (Å²) in [5, 5.41) is 3.27. The van der Waals surface area contributed by atoms with Gasteiger partial charge in [-0.05, 0) is 36.5 Å². The van der Waals surface area contributed by atoms with Crippen LogP contribution in [0.4, 0.5) is 13.2 Å². The minimum Gasteiger partial charge on any atom is -0.310 e. The number of hydrogen-bond donors (Lipinski definition) is 1. The molecule has 4 heteroatoms. The molecule has 2 atom stereocenters. The first-order chi connectivity index (χ1) is 8.08. The summed E-state index contributed by atoms with van der Waals surface area (Å²) in [4.78, 5) is 0. The third-order valence-corrected chi connectivity index (χ3v) is 3.47. The quantitative estimate of drug-likeness (QED) is 0.802. The van der Waals surface area contributed by atoms with Gasteiger partial charge in [-0.2, -0.15) is 0 Å². The van der Waals surface area contributed by atoms with Crippen LogP contribution in [0.25, 0.3) is 0 Å². The van der Waals surface area contributed by atoms with Gasteiger partial charge in [0.05, 0.1) is 0 Å². The minimum absolute atomic E-state index is 0.378. The van der Waals surface area contributed by atoms with E-state index in [0.717, 1.165) is 18.6 Å². The maximum Gasteiger partial charge on any atom is 0.194 e. The van der Waals surface area contributed by atoms with E-state index in [1.165, 1.54) is 12.8 Å². The van der Waals surface area contributed by atoms with Gasteiger partial charge in [-0.1, -0.05) is 13.3 Å². The molecule has 1 fully saturated rings. The van der Waals surface area contributed by atoms with Crippen LogP contribution in [0.1, 0.15) is 31.7 Å². The maximum absolute atomic E-state index is 13.0.